The van der Waals surface area contributed by atoms with Crippen LogP contribution in [0.1, 0.15) is 29.2 Å². The van der Waals surface area contributed by atoms with E-state index in [2.05, 4.69) is 4.72 Å². The molecule has 26 heavy (non-hydrogen) atoms. The highest BCUT2D eigenvalue weighted by Crippen LogP contribution is 2.25. The molecule has 0 saturated heterocycles. The van der Waals surface area contributed by atoms with E-state index < -0.39 is 10.0 Å². The second-order valence-corrected chi connectivity index (χ2v) is 8.35. The molecule has 5 nitrogen and oxygen atoms in total. The number of sulfonamides is 1. The van der Waals surface area contributed by atoms with Crippen LogP contribution in [0.15, 0.2) is 35.2 Å². The first-order chi connectivity index (χ1) is 12.1. The third-order valence-electron chi connectivity index (χ3n) is 4.32. The van der Waals surface area contributed by atoms with Crippen LogP contribution >= 0.6 is 0 Å². The molecular weight excluding hydrogens is 350 g/mol. The van der Waals surface area contributed by atoms with Crippen LogP contribution in [0.5, 0.6) is 11.5 Å². The molecule has 0 unspecified atom stereocenters. The quantitative estimate of drug-likeness (QED) is 0.799. The third-order valence-corrected chi connectivity index (χ3v) is 6.05. The van der Waals surface area contributed by atoms with Crippen molar-refractivity contribution in [1.82, 2.24) is 4.72 Å². The van der Waals surface area contributed by atoms with Crippen molar-refractivity contribution in [2.24, 2.45) is 0 Å². The van der Waals surface area contributed by atoms with E-state index in [1.54, 1.807) is 33.1 Å². The van der Waals surface area contributed by atoms with Gasteiger partial charge in [-0.3, -0.25) is 0 Å². The average molecular weight is 378 g/mol. The van der Waals surface area contributed by atoms with Gasteiger partial charge in [-0.15, -0.1) is 0 Å². The van der Waals surface area contributed by atoms with Gasteiger partial charge in [0, 0.05) is 0 Å². The summed E-state index contributed by atoms with van der Waals surface area (Å²) in [6.45, 7) is 9.66. The van der Waals surface area contributed by atoms with Crippen molar-refractivity contribution in [3.8, 4) is 11.5 Å². The number of benzene rings is 2. The van der Waals surface area contributed by atoms with Gasteiger partial charge in [-0.25, -0.2) is 13.1 Å². The molecular formula is C20H27NO4S. The van der Waals surface area contributed by atoms with E-state index in [0.717, 1.165) is 16.9 Å². The van der Waals surface area contributed by atoms with Gasteiger partial charge in [-0.1, -0.05) is 6.07 Å². The van der Waals surface area contributed by atoms with Crippen LogP contribution in [-0.4, -0.2) is 28.2 Å². The van der Waals surface area contributed by atoms with Crippen molar-refractivity contribution in [3.05, 3.63) is 52.6 Å². The lowest BCUT2D eigenvalue weighted by molar-refractivity contribution is 0.287. The van der Waals surface area contributed by atoms with Crippen molar-refractivity contribution in [2.45, 2.75) is 45.6 Å². The number of nitrogens with one attached hydrogen (secondary N) is 1. The normalized spacial score (nSPS) is 12.7. The number of aryl methyl sites for hydroxylation is 4. The second kappa shape index (κ2) is 8.10. The summed E-state index contributed by atoms with van der Waals surface area (Å²) in [5, 5.41) is 0. The number of ether oxygens (including phenoxy) is 2. The summed E-state index contributed by atoms with van der Waals surface area (Å²) < 4.78 is 39.1. The van der Waals surface area contributed by atoms with Crippen LogP contribution in [0.4, 0.5) is 0 Å². The van der Waals surface area contributed by atoms with Gasteiger partial charge in [0.05, 0.1) is 18.0 Å². The van der Waals surface area contributed by atoms with Crippen molar-refractivity contribution < 1.29 is 17.9 Å². The van der Waals surface area contributed by atoms with Crippen LogP contribution < -0.4 is 14.2 Å². The van der Waals surface area contributed by atoms with E-state index in [1.165, 1.54) is 5.56 Å². The van der Waals surface area contributed by atoms with E-state index in [0.29, 0.717) is 11.3 Å². The zero-order valence-corrected chi connectivity index (χ0v) is 17.0. The maximum atomic E-state index is 12.7. The summed E-state index contributed by atoms with van der Waals surface area (Å²) in [6, 6.07) is 8.83. The minimum Gasteiger partial charge on any atom is -0.496 e. The predicted octanol–water partition coefficient (Wildman–Crippen LogP) is 3.67. The van der Waals surface area contributed by atoms with Crippen molar-refractivity contribution in [3.63, 3.8) is 0 Å². The van der Waals surface area contributed by atoms with Crippen molar-refractivity contribution in [2.75, 3.05) is 13.7 Å². The summed E-state index contributed by atoms with van der Waals surface area (Å²) in [5.41, 5.74) is 3.75. The Morgan fingerprint density at radius 3 is 2.27 bits per heavy atom. The summed E-state index contributed by atoms with van der Waals surface area (Å²) in [6.07, 6.45) is 0. The highest BCUT2D eigenvalue weighted by molar-refractivity contribution is 7.89. The molecule has 0 aliphatic heterocycles. The van der Waals surface area contributed by atoms with Gasteiger partial charge in [0.15, 0.2) is 0 Å². The lowest BCUT2D eigenvalue weighted by atomic mass is 10.1. The average Bonchev–Trinajstić information content (AvgIpc) is 2.57. The fraction of sp³-hybridized carbons (Fsp3) is 0.400. The van der Waals surface area contributed by atoms with E-state index in [4.69, 9.17) is 9.47 Å². The Labute approximate surface area is 156 Å². The molecule has 0 amide bonds. The van der Waals surface area contributed by atoms with Crippen molar-refractivity contribution in [1.29, 1.82) is 0 Å². The Morgan fingerprint density at radius 2 is 1.65 bits per heavy atom. The van der Waals surface area contributed by atoms with Crippen LogP contribution in [0.25, 0.3) is 0 Å². The Bertz CT molecular complexity index is 891. The highest BCUT2D eigenvalue weighted by atomic mass is 32.2. The first kappa shape index (κ1) is 20.3. The predicted molar refractivity (Wildman–Crippen MR) is 104 cm³/mol. The first-order valence-electron chi connectivity index (χ1n) is 8.51. The molecule has 1 atom stereocenters. The third kappa shape index (κ3) is 4.77. The maximum absolute atomic E-state index is 12.7. The van der Waals surface area contributed by atoms with E-state index in [-0.39, 0.29) is 17.5 Å². The Balaban J connectivity index is 2.08. The molecule has 0 aliphatic carbocycles. The number of rotatable bonds is 7. The van der Waals surface area contributed by atoms with E-state index >= 15 is 0 Å². The largest absolute Gasteiger partial charge is 0.496 e. The molecule has 2 aromatic carbocycles. The maximum Gasteiger partial charge on any atom is 0.241 e. The minimum absolute atomic E-state index is 0.246. The van der Waals surface area contributed by atoms with Crippen LogP contribution in [0.3, 0.4) is 0 Å². The smallest absolute Gasteiger partial charge is 0.241 e. The summed E-state index contributed by atoms with van der Waals surface area (Å²) in [5.74, 6) is 1.41. The number of hydrogen-bond acceptors (Lipinski definition) is 4. The minimum atomic E-state index is -3.64. The molecule has 0 radical (unpaired) electrons. The molecule has 0 bridgehead atoms. The van der Waals surface area contributed by atoms with Crippen LogP contribution in [0, 0.1) is 27.7 Å². The van der Waals surface area contributed by atoms with Gasteiger partial charge in [0.2, 0.25) is 10.0 Å². The second-order valence-electron chi connectivity index (χ2n) is 6.67. The van der Waals surface area contributed by atoms with E-state index in [9.17, 15) is 8.42 Å². The van der Waals surface area contributed by atoms with Crippen molar-refractivity contribution >= 4 is 10.0 Å². The fourth-order valence-corrected chi connectivity index (χ4v) is 4.20. The summed E-state index contributed by atoms with van der Waals surface area (Å²) in [7, 11) is -2.07. The Hall–Kier alpha value is -2.05. The monoisotopic (exact) mass is 377 g/mol. The fourth-order valence-electron chi connectivity index (χ4n) is 2.66. The zero-order valence-electron chi connectivity index (χ0n) is 16.2. The molecule has 0 saturated carbocycles. The molecule has 0 fully saturated rings. The van der Waals surface area contributed by atoms with Gasteiger partial charge in [0.25, 0.3) is 0 Å². The molecule has 6 heteroatoms. The lowest BCUT2D eigenvalue weighted by Gasteiger charge is -2.18. The summed E-state index contributed by atoms with van der Waals surface area (Å²) in [4.78, 5) is 0.258. The van der Waals surface area contributed by atoms with Crippen LogP contribution in [-0.2, 0) is 10.0 Å². The van der Waals surface area contributed by atoms with Gasteiger partial charge >= 0.3 is 0 Å². The SMILES string of the molecule is COc1cc(C)c(S(=O)(=O)N[C@H](C)COc2ccc(C)c(C)c2)cc1C. The molecule has 2 aromatic rings. The lowest BCUT2D eigenvalue weighted by Crippen LogP contribution is -2.37. The number of methoxy groups -OCH3 is 1. The molecule has 0 aliphatic rings. The topological polar surface area (TPSA) is 64.6 Å². The van der Waals surface area contributed by atoms with Gasteiger partial charge in [-0.2, -0.15) is 0 Å². The molecule has 1 N–H and O–H groups in total. The Morgan fingerprint density at radius 1 is 0.962 bits per heavy atom. The van der Waals surface area contributed by atoms with Gasteiger partial charge < -0.3 is 9.47 Å². The summed E-state index contributed by atoms with van der Waals surface area (Å²) >= 11 is 0. The highest BCUT2D eigenvalue weighted by Gasteiger charge is 2.21. The van der Waals surface area contributed by atoms with Gasteiger partial charge in [-0.05, 0) is 81.1 Å². The molecule has 142 valence electrons. The molecule has 0 spiro atoms. The van der Waals surface area contributed by atoms with Gasteiger partial charge in [0.1, 0.15) is 18.1 Å². The van der Waals surface area contributed by atoms with Crippen LogP contribution in [0.2, 0.25) is 0 Å². The number of hydrogen-bond donors (Lipinski definition) is 1. The molecule has 0 aromatic heterocycles. The molecule has 2 rings (SSSR count). The Kier molecular flexibility index (Phi) is 6.31. The standard InChI is InChI=1S/C20H27NO4S/c1-13-7-8-18(9-14(13)2)25-12-17(5)21-26(22,23)20-11-15(3)19(24-6)10-16(20)4/h7-11,17,21H,12H2,1-6H3/t17-/m1/s1. The first-order valence-corrected chi connectivity index (χ1v) is 10.00. The zero-order chi connectivity index (χ0) is 19.5. The molecule has 0 heterocycles. The van der Waals surface area contributed by atoms with E-state index in [1.807, 2.05) is 39.0 Å².